The Bertz CT molecular complexity index is 660. The first kappa shape index (κ1) is 19.7. The topological polar surface area (TPSA) is 55.9 Å². The van der Waals surface area contributed by atoms with E-state index < -0.39 is 0 Å². The maximum absolute atomic E-state index is 12.6. The zero-order valence-corrected chi connectivity index (χ0v) is 16.8. The Balaban J connectivity index is 1.44. The molecular weight excluding hydrogens is 340 g/mol. The maximum atomic E-state index is 12.6. The normalized spacial score (nSPS) is 24.0. The van der Waals surface area contributed by atoms with E-state index in [1.54, 1.807) is 0 Å². The molecule has 2 atom stereocenters. The highest BCUT2D eigenvalue weighted by molar-refractivity contribution is 5.89. The smallest absolute Gasteiger partial charge is 0.321 e. The van der Waals surface area contributed by atoms with Crippen LogP contribution in [0, 0.1) is 18.8 Å². The number of benzene rings is 1. The lowest BCUT2D eigenvalue weighted by molar-refractivity contribution is -0.135. The molecule has 0 aliphatic carbocycles. The van der Waals surface area contributed by atoms with Gasteiger partial charge in [0.15, 0.2) is 0 Å². The lowest BCUT2D eigenvalue weighted by atomic mass is 9.92. The number of aryl methyl sites for hydroxylation is 1. The highest BCUT2D eigenvalue weighted by Crippen LogP contribution is 2.21. The number of nitrogens with zero attached hydrogens (tertiary/aromatic N) is 3. The van der Waals surface area contributed by atoms with Crippen molar-refractivity contribution in [3.63, 3.8) is 0 Å². The SMILES string of the molecule is Cc1cccc(NC(=O)N2CCN(CC(=O)N3CC(C)CC(C)C3)CC2)c1. The summed E-state index contributed by atoms with van der Waals surface area (Å²) in [5.74, 6) is 1.39. The van der Waals surface area contributed by atoms with Gasteiger partial charge >= 0.3 is 6.03 Å². The van der Waals surface area contributed by atoms with Gasteiger partial charge in [-0.25, -0.2) is 4.79 Å². The standard InChI is InChI=1S/C21H32N4O2/c1-16-5-4-6-19(12-16)22-21(27)24-9-7-23(8-10-24)15-20(26)25-13-17(2)11-18(3)14-25/h4-6,12,17-18H,7-11,13-15H2,1-3H3,(H,22,27). The first-order valence-electron chi connectivity index (χ1n) is 10.0. The van der Waals surface area contributed by atoms with Crippen LogP contribution in [0.4, 0.5) is 10.5 Å². The zero-order chi connectivity index (χ0) is 19.4. The predicted octanol–water partition coefficient (Wildman–Crippen LogP) is 2.65. The molecule has 2 unspecified atom stereocenters. The van der Waals surface area contributed by atoms with Gasteiger partial charge in [-0.15, -0.1) is 0 Å². The summed E-state index contributed by atoms with van der Waals surface area (Å²) >= 11 is 0. The Hall–Kier alpha value is -2.08. The molecule has 6 heteroatoms. The lowest BCUT2D eigenvalue weighted by Crippen LogP contribution is -2.53. The molecule has 2 aliphatic rings. The number of hydrogen-bond acceptors (Lipinski definition) is 3. The van der Waals surface area contributed by atoms with Crippen molar-refractivity contribution in [2.75, 3.05) is 51.1 Å². The molecule has 0 aromatic heterocycles. The molecule has 1 aromatic rings. The number of amides is 3. The third kappa shape index (κ3) is 5.45. The van der Waals surface area contributed by atoms with Crippen molar-refractivity contribution >= 4 is 17.6 Å². The summed E-state index contributed by atoms with van der Waals surface area (Å²) in [4.78, 5) is 31.1. The first-order valence-corrected chi connectivity index (χ1v) is 10.0. The van der Waals surface area contributed by atoms with Crippen molar-refractivity contribution in [2.24, 2.45) is 11.8 Å². The fourth-order valence-corrected chi connectivity index (χ4v) is 4.19. The molecule has 3 amide bonds. The number of likely N-dealkylation sites (tertiary alicyclic amines) is 1. The van der Waals surface area contributed by atoms with Gasteiger partial charge in [0.2, 0.25) is 5.91 Å². The summed E-state index contributed by atoms with van der Waals surface area (Å²) in [5, 5.41) is 2.96. The molecule has 27 heavy (non-hydrogen) atoms. The Morgan fingerprint density at radius 2 is 1.70 bits per heavy atom. The van der Waals surface area contributed by atoms with Gasteiger partial charge < -0.3 is 15.1 Å². The van der Waals surface area contributed by atoms with Crippen LogP contribution in [-0.2, 0) is 4.79 Å². The monoisotopic (exact) mass is 372 g/mol. The quantitative estimate of drug-likeness (QED) is 0.887. The van der Waals surface area contributed by atoms with Gasteiger partial charge in [-0.3, -0.25) is 9.69 Å². The van der Waals surface area contributed by atoms with Crippen molar-refractivity contribution in [3.05, 3.63) is 29.8 Å². The Morgan fingerprint density at radius 1 is 1.04 bits per heavy atom. The van der Waals surface area contributed by atoms with Gasteiger partial charge in [0.05, 0.1) is 6.54 Å². The fourth-order valence-electron chi connectivity index (χ4n) is 4.19. The molecule has 2 aliphatic heterocycles. The molecule has 6 nitrogen and oxygen atoms in total. The van der Waals surface area contributed by atoms with Crippen LogP contribution in [0.2, 0.25) is 0 Å². The van der Waals surface area contributed by atoms with E-state index in [2.05, 4.69) is 24.1 Å². The molecule has 2 saturated heterocycles. The largest absolute Gasteiger partial charge is 0.341 e. The minimum absolute atomic E-state index is 0.0646. The number of hydrogen-bond donors (Lipinski definition) is 1. The summed E-state index contributed by atoms with van der Waals surface area (Å²) < 4.78 is 0. The van der Waals surface area contributed by atoms with Gasteiger partial charge in [-0.2, -0.15) is 0 Å². The third-order valence-electron chi connectivity index (χ3n) is 5.51. The van der Waals surface area contributed by atoms with E-state index in [0.29, 0.717) is 31.5 Å². The first-order chi connectivity index (χ1) is 12.9. The van der Waals surface area contributed by atoms with Crippen molar-refractivity contribution in [1.82, 2.24) is 14.7 Å². The molecule has 1 aromatic carbocycles. The van der Waals surface area contributed by atoms with E-state index in [9.17, 15) is 9.59 Å². The number of nitrogens with one attached hydrogen (secondary N) is 1. The van der Waals surface area contributed by atoms with Crippen LogP contribution in [0.15, 0.2) is 24.3 Å². The molecule has 2 heterocycles. The Labute approximate surface area is 162 Å². The maximum Gasteiger partial charge on any atom is 0.321 e. The highest BCUT2D eigenvalue weighted by atomic mass is 16.2. The molecule has 0 spiro atoms. The van der Waals surface area contributed by atoms with Crippen LogP contribution in [0.5, 0.6) is 0 Å². The fraction of sp³-hybridized carbons (Fsp3) is 0.619. The minimum atomic E-state index is -0.0646. The van der Waals surface area contributed by atoms with Crippen LogP contribution < -0.4 is 5.32 Å². The lowest BCUT2D eigenvalue weighted by Gasteiger charge is -2.38. The van der Waals surface area contributed by atoms with Crippen LogP contribution in [0.25, 0.3) is 0 Å². The summed E-state index contributed by atoms with van der Waals surface area (Å²) in [6.07, 6.45) is 1.21. The summed E-state index contributed by atoms with van der Waals surface area (Å²) in [5.41, 5.74) is 1.95. The van der Waals surface area contributed by atoms with Crippen LogP contribution in [0.3, 0.4) is 0 Å². The number of urea groups is 1. The van der Waals surface area contributed by atoms with E-state index in [1.165, 1.54) is 6.42 Å². The minimum Gasteiger partial charge on any atom is -0.341 e. The molecule has 2 fully saturated rings. The third-order valence-corrected chi connectivity index (χ3v) is 5.51. The molecule has 0 saturated carbocycles. The number of carbonyl (C=O) groups is 2. The number of anilines is 1. The number of piperidine rings is 1. The average Bonchev–Trinajstić information content (AvgIpc) is 2.61. The van der Waals surface area contributed by atoms with Crippen molar-refractivity contribution in [2.45, 2.75) is 27.2 Å². The van der Waals surface area contributed by atoms with Gasteiger partial charge in [-0.1, -0.05) is 26.0 Å². The van der Waals surface area contributed by atoms with Gasteiger partial charge in [-0.05, 0) is 42.9 Å². The van der Waals surface area contributed by atoms with Gasteiger partial charge in [0.1, 0.15) is 0 Å². The van der Waals surface area contributed by atoms with Crippen LogP contribution >= 0.6 is 0 Å². The second-order valence-electron chi connectivity index (χ2n) is 8.31. The highest BCUT2D eigenvalue weighted by Gasteiger charge is 2.28. The summed E-state index contributed by atoms with van der Waals surface area (Å²) in [6.45, 7) is 11.5. The second-order valence-corrected chi connectivity index (χ2v) is 8.31. The van der Waals surface area contributed by atoms with Gasteiger partial charge in [0, 0.05) is 45.0 Å². The Kier molecular flexibility index (Phi) is 6.37. The molecular formula is C21H32N4O2. The van der Waals surface area contributed by atoms with Crippen molar-refractivity contribution in [3.8, 4) is 0 Å². The molecule has 0 bridgehead atoms. The van der Waals surface area contributed by atoms with Crippen LogP contribution in [0.1, 0.15) is 25.8 Å². The number of piperazine rings is 1. The average molecular weight is 373 g/mol. The van der Waals surface area contributed by atoms with Gasteiger partial charge in [0.25, 0.3) is 0 Å². The van der Waals surface area contributed by atoms with Crippen LogP contribution in [-0.4, -0.2) is 72.5 Å². The summed E-state index contributed by atoms with van der Waals surface area (Å²) in [6, 6.07) is 7.75. The second kappa shape index (κ2) is 8.74. The van der Waals surface area contributed by atoms with E-state index in [1.807, 2.05) is 41.0 Å². The van der Waals surface area contributed by atoms with Crippen molar-refractivity contribution in [1.29, 1.82) is 0 Å². The molecule has 0 radical (unpaired) electrons. The molecule has 148 valence electrons. The zero-order valence-electron chi connectivity index (χ0n) is 16.8. The summed E-state index contributed by atoms with van der Waals surface area (Å²) in [7, 11) is 0. The van der Waals surface area contributed by atoms with E-state index in [-0.39, 0.29) is 11.9 Å². The molecule has 3 rings (SSSR count). The predicted molar refractivity (Wildman–Crippen MR) is 108 cm³/mol. The van der Waals surface area contributed by atoms with E-state index in [4.69, 9.17) is 0 Å². The Morgan fingerprint density at radius 3 is 2.33 bits per heavy atom. The molecule has 1 N–H and O–H groups in total. The van der Waals surface area contributed by atoms with Crippen molar-refractivity contribution < 1.29 is 9.59 Å². The van der Waals surface area contributed by atoms with E-state index >= 15 is 0 Å². The number of carbonyl (C=O) groups excluding carboxylic acids is 2. The van der Waals surface area contributed by atoms with E-state index in [0.717, 1.165) is 37.4 Å². The number of rotatable bonds is 3.